The van der Waals surface area contributed by atoms with Gasteiger partial charge in [-0.3, -0.25) is 0 Å². The van der Waals surface area contributed by atoms with Crippen molar-refractivity contribution in [2.75, 3.05) is 26.4 Å². The van der Waals surface area contributed by atoms with Crippen LogP contribution in [0.2, 0.25) is 0 Å². The molecule has 1 aliphatic heterocycles. The molecule has 3 nitrogen and oxygen atoms in total. The molecule has 1 aromatic rings. The number of hydrogen-bond acceptors (Lipinski definition) is 3. The van der Waals surface area contributed by atoms with E-state index < -0.39 is 0 Å². The molecule has 0 radical (unpaired) electrons. The van der Waals surface area contributed by atoms with Crippen molar-refractivity contribution in [3.8, 4) is 0 Å². The minimum absolute atomic E-state index is 0.184. The maximum absolute atomic E-state index is 5.55. The second kappa shape index (κ2) is 7.19. The van der Waals surface area contributed by atoms with E-state index in [1.54, 1.807) is 0 Å². The second-order valence-electron chi connectivity index (χ2n) is 4.39. The molecule has 0 aliphatic carbocycles. The summed E-state index contributed by atoms with van der Waals surface area (Å²) in [6, 6.07) is 10.2. The Bertz CT molecular complexity index is 367. The van der Waals surface area contributed by atoms with Crippen LogP contribution in [0, 0.1) is 0 Å². The van der Waals surface area contributed by atoms with E-state index in [-0.39, 0.29) is 6.10 Å². The Morgan fingerprint density at radius 1 is 1.33 bits per heavy atom. The van der Waals surface area contributed by atoms with Gasteiger partial charge in [0.2, 0.25) is 0 Å². The summed E-state index contributed by atoms with van der Waals surface area (Å²) in [5, 5.41) is 0. The van der Waals surface area contributed by atoms with Crippen molar-refractivity contribution < 1.29 is 14.2 Å². The third-order valence-electron chi connectivity index (χ3n) is 2.93. The Balaban J connectivity index is 1.70. The van der Waals surface area contributed by atoms with E-state index in [1.165, 1.54) is 5.56 Å². The van der Waals surface area contributed by atoms with Gasteiger partial charge in [-0.25, -0.2) is 0 Å². The van der Waals surface area contributed by atoms with Gasteiger partial charge in [-0.1, -0.05) is 30.3 Å². The Hall–Kier alpha value is -1.32. The fraction of sp³-hybridized carbons (Fsp3) is 0.467. The molecule has 98 valence electrons. The van der Waals surface area contributed by atoms with Crippen molar-refractivity contribution in [3.63, 3.8) is 0 Å². The normalized spacial score (nSPS) is 20.7. The molecule has 0 N–H and O–H groups in total. The molecule has 1 fully saturated rings. The molecule has 2 rings (SSSR count). The monoisotopic (exact) mass is 248 g/mol. The van der Waals surface area contributed by atoms with Gasteiger partial charge in [-0.2, -0.15) is 0 Å². The van der Waals surface area contributed by atoms with Gasteiger partial charge in [0.1, 0.15) is 0 Å². The first-order chi connectivity index (χ1) is 8.86. The highest BCUT2D eigenvalue weighted by molar-refractivity contribution is 5.62. The topological polar surface area (TPSA) is 27.7 Å². The van der Waals surface area contributed by atoms with Gasteiger partial charge < -0.3 is 14.2 Å². The average Bonchev–Trinajstić information content (AvgIpc) is 2.45. The summed E-state index contributed by atoms with van der Waals surface area (Å²) in [6.07, 6.45) is 2.88. The molecule has 0 spiro atoms. The summed E-state index contributed by atoms with van der Waals surface area (Å²) in [4.78, 5) is 0. The van der Waals surface area contributed by atoms with Gasteiger partial charge in [-0.15, -0.1) is 0 Å². The highest BCUT2D eigenvalue weighted by Crippen LogP contribution is 2.13. The summed E-state index contributed by atoms with van der Waals surface area (Å²) < 4.78 is 16.4. The lowest BCUT2D eigenvalue weighted by atomic mass is 10.1. The molecule has 1 heterocycles. The van der Waals surface area contributed by atoms with Crippen LogP contribution < -0.4 is 0 Å². The highest BCUT2D eigenvalue weighted by atomic mass is 16.6. The van der Waals surface area contributed by atoms with Crippen LogP contribution in [0.4, 0.5) is 0 Å². The van der Waals surface area contributed by atoms with Crippen LogP contribution in [0.3, 0.4) is 0 Å². The maximum atomic E-state index is 5.55. The smallest absolute Gasteiger partial charge is 0.0899 e. The summed E-state index contributed by atoms with van der Waals surface area (Å²) in [5.41, 5.74) is 2.33. The fourth-order valence-electron chi connectivity index (χ4n) is 1.86. The molecule has 0 amide bonds. The van der Waals surface area contributed by atoms with Gasteiger partial charge in [0.25, 0.3) is 0 Å². The zero-order valence-electron chi connectivity index (χ0n) is 10.8. The molecule has 0 bridgehead atoms. The molecule has 1 aliphatic rings. The summed E-state index contributed by atoms with van der Waals surface area (Å²) >= 11 is 0. The molecule has 3 heteroatoms. The van der Waals surface area contributed by atoms with E-state index >= 15 is 0 Å². The van der Waals surface area contributed by atoms with Crippen LogP contribution in [0.15, 0.2) is 36.6 Å². The van der Waals surface area contributed by atoms with Gasteiger partial charge in [0.05, 0.1) is 38.8 Å². The number of rotatable bonds is 5. The lowest BCUT2D eigenvalue weighted by Gasteiger charge is -2.22. The fourth-order valence-corrected chi connectivity index (χ4v) is 1.86. The minimum atomic E-state index is 0.184. The summed E-state index contributed by atoms with van der Waals surface area (Å²) in [5.74, 6) is 0. The van der Waals surface area contributed by atoms with Gasteiger partial charge in [0, 0.05) is 6.42 Å². The van der Waals surface area contributed by atoms with E-state index in [1.807, 2.05) is 24.5 Å². The summed E-state index contributed by atoms with van der Waals surface area (Å²) in [7, 11) is 0. The predicted molar refractivity (Wildman–Crippen MR) is 71.2 cm³/mol. The zero-order valence-corrected chi connectivity index (χ0v) is 10.8. The van der Waals surface area contributed by atoms with Gasteiger partial charge >= 0.3 is 0 Å². The van der Waals surface area contributed by atoms with Crippen LogP contribution in [-0.2, 0) is 14.2 Å². The van der Waals surface area contributed by atoms with Crippen LogP contribution in [0.25, 0.3) is 5.57 Å². The number of hydrogen-bond donors (Lipinski definition) is 0. The Labute approximate surface area is 108 Å². The summed E-state index contributed by atoms with van der Waals surface area (Å²) in [6.45, 7) is 4.81. The second-order valence-corrected chi connectivity index (χ2v) is 4.39. The van der Waals surface area contributed by atoms with E-state index in [0.717, 1.165) is 12.0 Å². The van der Waals surface area contributed by atoms with Gasteiger partial charge in [0.15, 0.2) is 0 Å². The molecule has 1 saturated heterocycles. The van der Waals surface area contributed by atoms with Gasteiger partial charge in [-0.05, 0) is 18.1 Å². The molecular weight excluding hydrogens is 228 g/mol. The maximum Gasteiger partial charge on any atom is 0.0899 e. The number of benzene rings is 1. The first-order valence-electron chi connectivity index (χ1n) is 6.39. The van der Waals surface area contributed by atoms with E-state index in [4.69, 9.17) is 14.2 Å². The molecule has 0 saturated carbocycles. The van der Waals surface area contributed by atoms with Crippen molar-refractivity contribution in [1.29, 1.82) is 0 Å². The van der Waals surface area contributed by atoms with E-state index in [9.17, 15) is 0 Å². The SMILES string of the molecule is C/C(=C/OCCC1COCCO1)c1ccccc1. The first-order valence-corrected chi connectivity index (χ1v) is 6.39. The van der Waals surface area contributed by atoms with Crippen LogP contribution in [-0.4, -0.2) is 32.5 Å². The third-order valence-corrected chi connectivity index (χ3v) is 2.93. The number of allylic oxidation sites excluding steroid dienone is 1. The van der Waals surface area contributed by atoms with Crippen molar-refractivity contribution in [2.45, 2.75) is 19.4 Å². The van der Waals surface area contributed by atoms with Crippen LogP contribution in [0.1, 0.15) is 18.9 Å². The standard InChI is InChI=1S/C15H20O3/c1-13(14-5-3-2-4-6-14)11-16-8-7-15-12-17-9-10-18-15/h2-6,11,15H,7-10,12H2,1H3/b13-11-. The minimum Gasteiger partial charge on any atom is -0.501 e. The lowest BCUT2D eigenvalue weighted by Crippen LogP contribution is -2.29. The Morgan fingerprint density at radius 2 is 2.17 bits per heavy atom. The van der Waals surface area contributed by atoms with Crippen molar-refractivity contribution in [1.82, 2.24) is 0 Å². The highest BCUT2D eigenvalue weighted by Gasteiger charge is 2.13. The number of ether oxygens (including phenoxy) is 3. The molecule has 1 aromatic carbocycles. The molecule has 18 heavy (non-hydrogen) atoms. The van der Waals surface area contributed by atoms with Crippen molar-refractivity contribution in [3.05, 3.63) is 42.2 Å². The molecular formula is C15H20O3. The van der Waals surface area contributed by atoms with Crippen LogP contribution >= 0.6 is 0 Å². The quantitative estimate of drug-likeness (QED) is 0.592. The average molecular weight is 248 g/mol. The lowest BCUT2D eigenvalue weighted by molar-refractivity contribution is -0.0947. The van der Waals surface area contributed by atoms with Crippen molar-refractivity contribution >= 4 is 5.57 Å². The Kier molecular flexibility index (Phi) is 5.24. The Morgan fingerprint density at radius 3 is 2.89 bits per heavy atom. The first kappa shape index (κ1) is 13.1. The molecule has 0 aromatic heterocycles. The molecule has 1 unspecified atom stereocenters. The largest absolute Gasteiger partial charge is 0.501 e. The molecule has 1 atom stereocenters. The van der Waals surface area contributed by atoms with E-state index in [2.05, 4.69) is 19.1 Å². The van der Waals surface area contributed by atoms with E-state index in [0.29, 0.717) is 26.4 Å². The van der Waals surface area contributed by atoms with Crippen LogP contribution in [0.5, 0.6) is 0 Å². The zero-order chi connectivity index (χ0) is 12.6. The predicted octanol–water partition coefficient (Wildman–Crippen LogP) is 2.87. The third kappa shape index (κ3) is 4.17. The van der Waals surface area contributed by atoms with Crippen molar-refractivity contribution in [2.24, 2.45) is 0 Å².